The zero-order valence-corrected chi connectivity index (χ0v) is 23.1. The summed E-state index contributed by atoms with van der Waals surface area (Å²) in [5, 5.41) is 0. The van der Waals surface area contributed by atoms with Crippen molar-refractivity contribution in [2.45, 2.75) is 43.7 Å². The van der Waals surface area contributed by atoms with E-state index in [-0.39, 0.29) is 17.3 Å². The fourth-order valence-corrected chi connectivity index (χ4v) is 6.17. The van der Waals surface area contributed by atoms with Crippen LogP contribution in [0.4, 0.5) is 5.69 Å². The molecule has 5 rings (SSSR count). The average Bonchev–Trinajstić information content (AvgIpc) is 3.55. The molecule has 8 nitrogen and oxygen atoms in total. The monoisotopic (exact) mass is 544 g/mol. The molecule has 4 aromatic rings. The van der Waals surface area contributed by atoms with Gasteiger partial charge in [0.2, 0.25) is 10.0 Å². The van der Waals surface area contributed by atoms with Gasteiger partial charge in [0.05, 0.1) is 18.6 Å². The number of carbonyl (C=O) groups excluding carboxylic acids is 1. The van der Waals surface area contributed by atoms with Crippen LogP contribution in [0.5, 0.6) is 5.75 Å². The summed E-state index contributed by atoms with van der Waals surface area (Å²) in [4.78, 5) is 20.2. The van der Waals surface area contributed by atoms with Crippen molar-refractivity contribution < 1.29 is 17.9 Å². The van der Waals surface area contributed by atoms with Crippen molar-refractivity contribution in [3.05, 3.63) is 107 Å². The van der Waals surface area contributed by atoms with Crippen LogP contribution < -0.4 is 14.4 Å². The number of nitrogens with zero attached hydrogens (tertiary/aromatic N) is 3. The second-order valence-corrected chi connectivity index (χ2v) is 11.4. The topological polar surface area (TPSA) is 93.5 Å². The molecule has 1 aliphatic rings. The van der Waals surface area contributed by atoms with E-state index in [9.17, 15) is 13.2 Å². The number of nitrogens with one attached hydrogen (secondary N) is 1. The lowest BCUT2D eigenvalue weighted by atomic mass is 10.1. The third kappa shape index (κ3) is 5.60. The standard InChI is InChI=1S/C30H32N4O4S/c1-4-21-8-13-26(14-9-21)39(36,37)32-28-15-11-22-10-12-24(19-27(22)28)34(20-29-31-16-17-33(29)2)30(35)23-6-5-7-25(18-23)38-3/h5-10,12-14,16-19,28,32H,4,11,15,20H2,1-3H3. The predicted molar refractivity (Wildman–Crippen MR) is 150 cm³/mol. The summed E-state index contributed by atoms with van der Waals surface area (Å²) in [7, 11) is -0.265. The summed E-state index contributed by atoms with van der Waals surface area (Å²) in [6.45, 7) is 2.28. The third-order valence-electron chi connectivity index (χ3n) is 7.24. The highest BCUT2D eigenvalue weighted by molar-refractivity contribution is 7.89. The number of carbonyl (C=O) groups is 1. The molecule has 0 saturated heterocycles. The zero-order chi connectivity index (χ0) is 27.6. The smallest absolute Gasteiger partial charge is 0.258 e. The van der Waals surface area contributed by atoms with Crippen LogP contribution >= 0.6 is 0 Å². The van der Waals surface area contributed by atoms with Crippen molar-refractivity contribution in [3.8, 4) is 5.75 Å². The maximum Gasteiger partial charge on any atom is 0.258 e. The summed E-state index contributed by atoms with van der Waals surface area (Å²) in [6, 6.07) is 19.5. The first-order valence-corrected chi connectivity index (χ1v) is 14.4. The SMILES string of the molecule is CCc1ccc(S(=O)(=O)NC2CCc3ccc(N(Cc4nccn4C)C(=O)c4cccc(OC)c4)cc32)cc1. The molecule has 1 heterocycles. The molecule has 0 radical (unpaired) electrons. The van der Waals surface area contributed by atoms with E-state index in [1.54, 1.807) is 54.6 Å². The molecule has 0 saturated carbocycles. The summed E-state index contributed by atoms with van der Waals surface area (Å²) in [6.07, 6.45) is 5.78. The van der Waals surface area contributed by atoms with Gasteiger partial charge in [-0.3, -0.25) is 4.79 Å². The average molecular weight is 545 g/mol. The second-order valence-electron chi connectivity index (χ2n) is 9.67. The molecule has 1 amide bonds. The molecule has 0 aliphatic heterocycles. The quantitative estimate of drug-likeness (QED) is 0.327. The highest BCUT2D eigenvalue weighted by Crippen LogP contribution is 2.36. The number of ether oxygens (including phenoxy) is 1. The highest BCUT2D eigenvalue weighted by Gasteiger charge is 2.29. The molecule has 9 heteroatoms. The van der Waals surface area contributed by atoms with Crippen LogP contribution in [0.1, 0.15) is 52.3 Å². The Balaban J connectivity index is 1.48. The van der Waals surface area contributed by atoms with Crippen molar-refractivity contribution in [1.29, 1.82) is 0 Å². The fraction of sp³-hybridized carbons (Fsp3) is 0.267. The molecular weight excluding hydrogens is 512 g/mol. The first-order chi connectivity index (χ1) is 18.8. The number of methoxy groups -OCH3 is 1. The maximum absolute atomic E-state index is 13.8. The Hall–Kier alpha value is -3.95. The van der Waals surface area contributed by atoms with Gasteiger partial charge in [-0.2, -0.15) is 0 Å². The Labute approximate surface area is 229 Å². The molecule has 1 unspecified atom stereocenters. The van der Waals surface area contributed by atoms with Crippen molar-refractivity contribution in [3.63, 3.8) is 0 Å². The van der Waals surface area contributed by atoms with Gasteiger partial charge in [0, 0.05) is 36.7 Å². The predicted octanol–water partition coefficient (Wildman–Crippen LogP) is 4.80. The Morgan fingerprint density at radius 3 is 2.62 bits per heavy atom. The van der Waals surface area contributed by atoms with E-state index >= 15 is 0 Å². The van der Waals surface area contributed by atoms with E-state index in [1.165, 1.54) is 0 Å². The molecule has 1 aromatic heterocycles. The van der Waals surface area contributed by atoms with E-state index in [0.29, 0.717) is 23.4 Å². The van der Waals surface area contributed by atoms with Gasteiger partial charge in [0.25, 0.3) is 5.91 Å². The second kappa shape index (κ2) is 11.0. The van der Waals surface area contributed by atoms with E-state index in [4.69, 9.17) is 4.74 Å². The van der Waals surface area contributed by atoms with Gasteiger partial charge in [-0.25, -0.2) is 18.1 Å². The Bertz CT molecular complexity index is 1600. The van der Waals surface area contributed by atoms with Crippen LogP contribution in [0.2, 0.25) is 0 Å². The van der Waals surface area contributed by atoms with Gasteiger partial charge in [-0.1, -0.05) is 31.2 Å². The molecule has 1 atom stereocenters. The fourth-order valence-electron chi connectivity index (χ4n) is 4.92. The molecule has 0 bridgehead atoms. The van der Waals surface area contributed by atoms with Gasteiger partial charge in [0.1, 0.15) is 11.6 Å². The number of rotatable bonds is 9. The number of aryl methyl sites for hydroxylation is 3. The number of aromatic nitrogens is 2. The minimum atomic E-state index is -3.72. The summed E-state index contributed by atoms with van der Waals surface area (Å²) < 4.78 is 36.5. The first-order valence-electron chi connectivity index (χ1n) is 12.9. The van der Waals surface area contributed by atoms with E-state index in [1.807, 2.05) is 55.1 Å². The lowest BCUT2D eigenvalue weighted by Gasteiger charge is -2.24. The van der Waals surface area contributed by atoms with Crippen LogP contribution in [-0.4, -0.2) is 31.0 Å². The molecule has 3 aromatic carbocycles. The van der Waals surface area contributed by atoms with Crippen molar-refractivity contribution >= 4 is 21.6 Å². The van der Waals surface area contributed by atoms with Gasteiger partial charge in [-0.15, -0.1) is 0 Å². The molecular formula is C30H32N4O4S. The van der Waals surface area contributed by atoms with Gasteiger partial charge in [0.15, 0.2) is 0 Å². The highest BCUT2D eigenvalue weighted by atomic mass is 32.2. The maximum atomic E-state index is 13.8. The number of anilines is 1. The van der Waals surface area contributed by atoms with Gasteiger partial charge < -0.3 is 14.2 Å². The number of sulfonamides is 1. The van der Waals surface area contributed by atoms with Crippen molar-refractivity contribution in [2.24, 2.45) is 7.05 Å². The number of benzene rings is 3. The molecule has 202 valence electrons. The third-order valence-corrected chi connectivity index (χ3v) is 8.73. The van der Waals surface area contributed by atoms with E-state index in [0.717, 1.165) is 35.4 Å². The lowest BCUT2D eigenvalue weighted by molar-refractivity contribution is 0.0984. The minimum absolute atomic E-state index is 0.206. The molecule has 39 heavy (non-hydrogen) atoms. The number of hydrogen-bond donors (Lipinski definition) is 1. The number of amides is 1. The number of fused-ring (bicyclic) bond motifs is 1. The number of imidazole rings is 1. The lowest BCUT2D eigenvalue weighted by Crippen LogP contribution is -2.32. The largest absolute Gasteiger partial charge is 0.497 e. The first kappa shape index (κ1) is 26.6. The van der Waals surface area contributed by atoms with Crippen LogP contribution in [0.3, 0.4) is 0 Å². The summed E-state index contributed by atoms with van der Waals surface area (Å²) in [5.74, 6) is 1.11. The van der Waals surface area contributed by atoms with Crippen LogP contribution in [0.15, 0.2) is 84.0 Å². The summed E-state index contributed by atoms with van der Waals surface area (Å²) >= 11 is 0. The van der Waals surface area contributed by atoms with E-state index < -0.39 is 16.1 Å². The van der Waals surface area contributed by atoms with Crippen LogP contribution in [-0.2, 0) is 36.5 Å². The summed E-state index contributed by atoms with van der Waals surface area (Å²) in [5.41, 5.74) is 4.18. The Morgan fingerprint density at radius 1 is 1.13 bits per heavy atom. The number of hydrogen-bond acceptors (Lipinski definition) is 5. The van der Waals surface area contributed by atoms with Crippen LogP contribution in [0, 0.1) is 0 Å². The molecule has 1 aliphatic carbocycles. The van der Waals surface area contributed by atoms with Gasteiger partial charge in [-0.05, 0) is 78.4 Å². The van der Waals surface area contributed by atoms with Crippen molar-refractivity contribution in [2.75, 3.05) is 12.0 Å². The minimum Gasteiger partial charge on any atom is -0.497 e. The molecule has 1 N–H and O–H groups in total. The van der Waals surface area contributed by atoms with Gasteiger partial charge >= 0.3 is 0 Å². The Morgan fingerprint density at radius 2 is 1.92 bits per heavy atom. The molecule has 0 spiro atoms. The van der Waals surface area contributed by atoms with E-state index in [2.05, 4.69) is 9.71 Å². The molecule has 0 fully saturated rings. The van der Waals surface area contributed by atoms with Crippen LogP contribution in [0.25, 0.3) is 0 Å². The van der Waals surface area contributed by atoms with Crippen molar-refractivity contribution in [1.82, 2.24) is 14.3 Å². The zero-order valence-electron chi connectivity index (χ0n) is 22.3. The normalized spacial score (nSPS) is 14.7. The Kier molecular flexibility index (Phi) is 7.54.